The van der Waals surface area contributed by atoms with Crippen LogP contribution in [0.15, 0.2) is 16.6 Å². The van der Waals surface area contributed by atoms with Gasteiger partial charge in [-0.15, -0.1) is 0 Å². The van der Waals surface area contributed by atoms with Crippen molar-refractivity contribution in [1.82, 2.24) is 0 Å². The lowest BCUT2D eigenvalue weighted by Crippen LogP contribution is -1.90. The predicted octanol–water partition coefficient (Wildman–Crippen LogP) is 3.37. The quantitative estimate of drug-likeness (QED) is 0.719. The average Bonchev–Trinajstić information content (AvgIpc) is 1.85. The lowest BCUT2D eigenvalue weighted by Gasteiger charge is -2.06. The molecule has 3 heteroatoms. The molecule has 0 aliphatic carbocycles. The number of methoxy groups -OCH3 is 1. The van der Waals surface area contributed by atoms with Gasteiger partial charge in [-0.1, -0.05) is 15.9 Å². The lowest BCUT2D eigenvalue weighted by molar-refractivity contribution is 0.408. The fourth-order valence-electron chi connectivity index (χ4n) is 0.948. The van der Waals surface area contributed by atoms with Crippen LogP contribution in [0, 0.1) is 10.5 Å². The van der Waals surface area contributed by atoms with Gasteiger partial charge in [0, 0.05) is 4.47 Å². The minimum Gasteiger partial charge on any atom is -0.495 e. The summed E-state index contributed by atoms with van der Waals surface area (Å²) in [7, 11) is 1.69. The zero-order chi connectivity index (χ0) is 8.43. The number of benzene rings is 1. The van der Waals surface area contributed by atoms with Crippen molar-refractivity contribution in [2.75, 3.05) is 7.11 Å². The van der Waals surface area contributed by atoms with Crippen molar-refractivity contribution in [2.45, 2.75) is 6.92 Å². The summed E-state index contributed by atoms with van der Waals surface area (Å²) < 4.78 is 7.44. The molecule has 0 amide bonds. The maximum Gasteiger partial charge on any atom is 0.135 e. The van der Waals surface area contributed by atoms with Crippen molar-refractivity contribution < 1.29 is 4.74 Å². The maximum atomic E-state index is 5.20. The van der Waals surface area contributed by atoms with Crippen molar-refractivity contribution >= 4 is 38.5 Å². The summed E-state index contributed by atoms with van der Waals surface area (Å²) in [6.07, 6.45) is 0. The Bertz CT molecular complexity index is 250. The summed E-state index contributed by atoms with van der Waals surface area (Å²) in [4.78, 5) is 0. The van der Waals surface area contributed by atoms with Crippen LogP contribution in [0.5, 0.6) is 5.75 Å². The van der Waals surface area contributed by atoms with E-state index in [4.69, 9.17) is 4.74 Å². The molecule has 0 N–H and O–H groups in total. The highest BCUT2D eigenvalue weighted by molar-refractivity contribution is 14.1. The normalized spacial score (nSPS) is 9.82. The van der Waals surface area contributed by atoms with E-state index in [1.54, 1.807) is 7.11 Å². The third-order valence-electron chi connectivity index (χ3n) is 1.40. The molecule has 0 unspecified atom stereocenters. The van der Waals surface area contributed by atoms with Crippen LogP contribution in [0.25, 0.3) is 0 Å². The zero-order valence-electron chi connectivity index (χ0n) is 6.32. The molecule has 0 atom stereocenters. The second-order valence-electron chi connectivity index (χ2n) is 2.24. The molecule has 0 saturated carbocycles. The van der Waals surface area contributed by atoms with Crippen LogP contribution in [-0.4, -0.2) is 7.11 Å². The van der Waals surface area contributed by atoms with E-state index < -0.39 is 0 Å². The van der Waals surface area contributed by atoms with Crippen LogP contribution >= 0.6 is 38.5 Å². The summed E-state index contributed by atoms with van der Waals surface area (Å²) in [6.45, 7) is 2.03. The zero-order valence-corrected chi connectivity index (χ0v) is 10.1. The first-order valence-corrected chi connectivity index (χ1v) is 5.02. The fourth-order valence-corrected chi connectivity index (χ4v) is 2.93. The topological polar surface area (TPSA) is 9.23 Å². The van der Waals surface area contributed by atoms with E-state index >= 15 is 0 Å². The summed E-state index contributed by atoms with van der Waals surface area (Å²) in [6, 6.07) is 4.08. The highest BCUT2D eigenvalue weighted by Crippen LogP contribution is 2.28. The van der Waals surface area contributed by atoms with Crippen molar-refractivity contribution in [3.05, 3.63) is 25.7 Å². The highest BCUT2D eigenvalue weighted by atomic mass is 127. The van der Waals surface area contributed by atoms with Crippen LogP contribution in [-0.2, 0) is 0 Å². The summed E-state index contributed by atoms with van der Waals surface area (Å²) in [5.74, 6) is 0.966. The molecule has 1 rings (SSSR count). The number of hydrogen-bond donors (Lipinski definition) is 0. The van der Waals surface area contributed by atoms with Gasteiger partial charge < -0.3 is 4.74 Å². The van der Waals surface area contributed by atoms with Gasteiger partial charge in [-0.25, -0.2) is 0 Å². The van der Waals surface area contributed by atoms with Gasteiger partial charge in [0.15, 0.2) is 0 Å². The van der Waals surface area contributed by atoms with E-state index in [1.165, 1.54) is 0 Å². The van der Waals surface area contributed by atoms with Gasteiger partial charge in [-0.05, 0) is 47.2 Å². The smallest absolute Gasteiger partial charge is 0.135 e. The Kier molecular flexibility index (Phi) is 3.18. The third kappa shape index (κ3) is 2.08. The maximum absolute atomic E-state index is 5.20. The van der Waals surface area contributed by atoms with E-state index in [-0.39, 0.29) is 0 Å². The standard InChI is InChI=1S/C8H8BrIO/c1-5-3-6(9)4-7(10)8(5)11-2/h3-4H,1-2H3. The van der Waals surface area contributed by atoms with Crippen molar-refractivity contribution in [3.8, 4) is 5.75 Å². The number of aryl methyl sites for hydroxylation is 1. The average molecular weight is 327 g/mol. The number of hydrogen-bond acceptors (Lipinski definition) is 1. The van der Waals surface area contributed by atoms with Crippen molar-refractivity contribution in [2.24, 2.45) is 0 Å². The molecule has 0 aliphatic rings. The Hall–Kier alpha value is 0.230. The van der Waals surface area contributed by atoms with Crippen LogP contribution < -0.4 is 4.74 Å². The van der Waals surface area contributed by atoms with E-state index in [1.807, 2.05) is 19.1 Å². The molecule has 0 bridgehead atoms. The van der Waals surface area contributed by atoms with E-state index in [0.717, 1.165) is 19.4 Å². The summed E-state index contributed by atoms with van der Waals surface area (Å²) >= 11 is 5.67. The Morgan fingerprint density at radius 3 is 2.55 bits per heavy atom. The first kappa shape index (κ1) is 9.32. The lowest BCUT2D eigenvalue weighted by atomic mass is 10.2. The third-order valence-corrected chi connectivity index (χ3v) is 2.66. The first-order valence-electron chi connectivity index (χ1n) is 3.15. The van der Waals surface area contributed by atoms with Crippen LogP contribution in [0.3, 0.4) is 0 Å². The van der Waals surface area contributed by atoms with Crippen LogP contribution in [0.4, 0.5) is 0 Å². The molecule has 0 spiro atoms. The monoisotopic (exact) mass is 326 g/mol. The predicted molar refractivity (Wildman–Crippen MR) is 58.1 cm³/mol. The van der Waals surface area contributed by atoms with E-state index in [0.29, 0.717) is 0 Å². The van der Waals surface area contributed by atoms with Gasteiger partial charge in [0.25, 0.3) is 0 Å². The summed E-state index contributed by atoms with van der Waals surface area (Å²) in [5, 5.41) is 0. The Balaban J connectivity index is 3.25. The minimum atomic E-state index is 0.966. The molecule has 0 radical (unpaired) electrons. The van der Waals surface area contributed by atoms with E-state index in [9.17, 15) is 0 Å². The van der Waals surface area contributed by atoms with Gasteiger partial charge in [0.1, 0.15) is 5.75 Å². The van der Waals surface area contributed by atoms with E-state index in [2.05, 4.69) is 38.5 Å². The Morgan fingerprint density at radius 1 is 1.45 bits per heavy atom. The number of rotatable bonds is 1. The van der Waals surface area contributed by atoms with Gasteiger partial charge in [-0.2, -0.15) is 0 Å². The molecule has 60 valence electrons. The Labute approximate surface area is 88.4 Å². The number of ether oxygens (including phenoxy) is 1. The Morgan fingerprint density at radius 2 is 2.09 bits per heavy atom. The van der Waals surface area contributed by atoms with Crippen molar-refractivity contribution in [1.29, 1.82) is 0 Å². The molecule has 0 aromatic heterocycles. The van der Waals surface area contributed by atoms with Crippen molar-refractivity contribution in [3.63, 3.8) is 0 Å². The number of halogens is 2. The van der Waals surface area contributed by atoms with Gasteiger partial charge in [0.2, 0.25) is 0 Å². The van der Waals surface area contributed by atoms with Crippen LogP contribution in [0.2, 0.25) is 0 Å². The molecule has 0 fully saturated rings. The molecule has 1 aromatic carbocycles. The van der Waals surface area contributed by atoms with Gasteiger partial charge >= 0.3 is 0 Å². The largest absolute Gasteiger partial charge is 0.495 e. The fraction of sp³-hybridized carbons (Fsp3) is 0.250. The van der Waals surface area contributed by atoms with Crippen LogP contribution in [0.1, 0.15) is 5.56 Å². The molecular formula is C8H8BrIO. The summed E-state index contributed by atoms with van der Waals surface area (Å²) in [5.41, 5.74) is 1.16. The second-order valence-corrected chi connectivity index (χ2v) is 4.32. The SMILES string of the molecule is COc1c(C)cc(Br)cc1I. The minimum absolute atomic E-state index is 0.966. The highest BCUT2D eigenvalue weighted by Gasteiger charge is 2.03. The second kappa shape index (κ2) is 3.76. The molecule has 11 heavy (non-hydrogen) atoms. The molecule has 1 nitrogen and oxygen atoms in total. The molecule has 0 aliphatic heterocycles. The van der Waals surface area contributed by atoms with Gasteiger partial charge in [0.05, 0.1) is 10.7 Å². The molecule has 1 aromatic rings. The molecule has 0 saturated heterocycles. The molecule has 0 heterocycles. The first-order chi connectivity index (χ1) is 5.15. The molecular weight excluding hydrogens is 319 g/mol. The van der Waals surface area contributed by atoms with Gasteiger partial charge in [-0.3, -0.25) is 0 Å².